The van der Waals surface area contributed by atoms with Gasteiger partial charge < -0.3 is 61.6 Å². The van der Waals surface area contributed by atoms with Gasteiger partial charge in [0.25, 0.3) is 0 Å². The second kappa shape index (κ2) is 63.1. The number of hydrogen-bond donors (Lipinski definition) is 0. The van der Waals surface area contributed by atoms with Crippen LogP contribution < -0.4 is 14.2 Å². The van der Waals surface area contributed by atoms with Gasteiger partial charge in [0.2, 0.25) is 5.75 Å². The van der Waals surface area contributed by atoms with Crippen molar-refractivity contribution < 1.29 is 61.6 Å². The summed E-state index contributed by atoms with van der Waals surface area (Å²) in [6, 6.07) is 76.4. The second-order valence-electron chi connectivity index (χ2n) is 34.4. The highest BCUT2D eigenvalue weighted by molar-refractivity contribution is 7.99. The standard InChI is InChI=1S/C110H154O13S/c1-4-7-10-13-16-19-22-25-28-31-34-58-75-112-98-78-97(79-99(113-76-59-35-32-29-26-23-20-17-14-11-8-5-2)102(98)114-77-60-36-33-30-27-24-21-18-15-12-9-6-3)89-124-110-108(120-86-96-73-56-43-57-74-96)106(118-84-94-69-52-41-53-70-94)104(116-82-92-65-48-39-49-66-92)101(123-110)88-121-109-107(119-85-95-71-54-42-55-72-95)105(117-83-93-67-50-40-51-68-93)103(115-81-91-63-46-38-47-64-91)100(122-109)87-111-80-90-61-44-37-45-62-90/h37-57,61-74,78-79,100-101,103-110H,4-36,58-60,75-77,80-89H2,1-3H3/t100-,101-,103-,104-,105+,106+,107-,108-,109+,110-/m1/s1. The summed E-state index contributed by atoms with van der Waals surface area (Å²) < 4.78 is 94.6. The van der Waals surface area contributed by atoms with Crippen molar-refractivity contribution in [2.24, 2.45) is 0 Å². The first-order valence-electron chi connectivity index (χ1n) is 48.7. The smallest absolute Gasteiger partial charge is 0.203 e. The van der Waals surface area contributed by atoms with Crippen LogP contribution in [0.1, 0.15) is 296 Å². The molecule has 2 fully saturated rings. The van der Waals surface area contributed by atoms with Gasteiger partial charge in [-0.25, -0.2) is 0 Å². The molecule has 10 atom stereocenters. The predicted octanol–water partition coefficient (Wildman–Crippen LogP) is 28.4. The molecule has 8 aromatic carbocycles. The molecule has 0 saturated carbocycles. The van der Waals surface area contributed by atoms with Crippen LogP contribution in [-0.4, -0.2) is 93.6 Å². The van der Waals surface area contributed by atoms with Crippen molar-refractivity contribution >= 4 is 11.8 Å². The normalized spacial score (nSPS) is 19.0. The van der Waals surface area contributed by atoms with Crippen molar-refractivity contribution in [3.05, 3.63) is 269 Å². The molecular weight excluding hydrogens is 1560 g/mol. The minimum atomic E-state index is -1.05. The molecule has 124 heavy (non-hydrogen) atoms. The van der Waals surface area contributed by atoms with Gasteiger partial charge in [-0.15, -0.1) is 11.8 Å². The fraction of sp³-hybridized carbons (Fsp3) is 0.564. The zero-order chi connectivity index (χ0) is 85.8. The zero-order valence-electron chi connectivity index (χ0n) is 76.0. The molecule has 0 amide bonds. The lowest BCUT2D eigenvalue weighted by Gasteiger charge is -2.48. The Morgan fingerprint density at radius 2 is 0.508 bits per heavy atom. The van der Waals surface area contributed by atoms with Gasteiger partial charge in [-0.05, 0) is 75.9 Å². The van der Waals surface area contributed by atoms with Crippen molar-refractivity contribution in [2.75, 3.05) is 33.0 Å². The van der Waals surface area contributed by atoms with Crippen LogP contribution >= 0.6 is 11.8 Å². The molecular formula is C110H154O13S. The molecule has 2 aliphatic rings. The first kappa shape index (κ1) is 99.3. The highest BCUT2D eigenvalue weighted by Crippen LogP contribution is 2.44. The van der Waals surface area contributed by atoms with Gasteiger partial charge in [0, 0.05) is 5.75 Å². The Kier molecular flexibility index (Phi) is 50.5. The Morgan fingerprint density at radius 1 is 0.242 bits per heavy atom. The largest absolute Gasteiger partial charge is 0.490 e. The minimum absolute atomic E-state index is 0.0129. The average Bonchev–Trinajstić information content (AvgIpc) is 0.783. The Bertz CT molecular complexity index is 3820. The summed E-state index contributed by atoms with van der Waals surface area (Å²) in [5, 5.41) is 0. The maximum Gasteiger partial charge on any atom is 0.203 e. The molecule has 678 valence electrons. The molecule has 13 nitrogen and oxygen atoms in total. The number of thioether (sulfide) groups is 1. The van der Waals surface area contributed by atoms with Gasteiger partial charge in [0.1, 0.15) is 54.3 Å². The van der Waals surface area contributed by atoms with Crippen molar-refractivity contribution in [1.29, 1.82) is 0 Å². The zero-order valence-corrected chi connectivity index (χ0v) is 76.8. The molecule has 0 N–H and O–H groups in total. The second-order valence-corrected chi connectivity index (χ2v) is 35.5. The van der Waals surface area contributed by atoms with E-state index in [9.17, 15) is 0 Å². The molecule has 8 aromatic rings. The number of unbranched alkanes of at least 4 members (excludes halogenated alkanes) is 33. The lowest BCUT2D eigenvalue weighted by Crippen LogP contribution is -2.63. The molecule has 0 aromatic heterocycles. The summed E-state index contributed by atoms with van der Waals surface area (Å²) in [5.74, 6) is 2.68. The summed E-state index contributed by atoms with van der Waals surface area (Å²) in [7, 11) is 0. The Hall–Kier alpha value is -6.89. The van der Waals surface area contributed by atoms with Gasteiger partial charge in [0.15, 0.2) is 17.8 Å². The maximum absolute atomic E-state index is 7.79. The molecule has 0 aliphatic carbocycles. The number of benzene rings is 8. The Morgan fingerprint density at radius 3 is 0.839 bits per heavy atom. The van der Waals surface area contributed by atoms with Crippen LogP contribution in [0.4, 0.5) is 0 Å². The highest BCUT2D eigenvalue weighted by Gasteiger charge is 2.52. The van der Waals surface area contributed by atoms with E-state index in [2.05, 4.69) is 142 Å². The van der Waals surface area contributed by atoms with Gasteiger partial charge in [-0.2, -0.15) is 0 Å². The topological polar surface area (TPSA) is 120 Å². The van der Waals surface area contributed by atoms with E-state index < -0.39 is 60.6 Å². The van der Waals surface area contributed by atoms with E-state index >= 15 is 0 Å². The molecule has 10 rings (SSSR count). The number of rotatable bonds is 70. The van der Waals surface area contributed by atoms with Crippen LogP contribution in [0.2, 0.25) is 0 Å². The lowest BCUT2D eigenvalue weighted by molar-refractivity contribution is -0.337. The third-order valence-corrected chi connectivity index (χ3v) is 25.2. The first-order valence-corrected chi connectivity index (χ1v) is 49.7. The summed E-state index contributed by atoms with van der Waals surface area (Å²) >= 11 is 1.68. The van der Waals surface area contributed by atoms with Gasteiger partial charge in [-0.1, -0.05) is 445 Å². The van der Waals surface area contributed by atoms with E-state index in [-0.39, 0.29) is 39.6 Å². The Balaban J connectivity index is 0.982. The van der Waals surface area contributed by atoms with Crippen molar-refractivity contribution in [1.82, 2.24) is 0 Å². The molecule has 0 bridgehead atoms. The van der Waals surface area contributed by atoms with Gasteiger partial charge >= 0.3 is 0 Å². The van der Waals surface area contributed by atoms with Gasteiger partial charge in [0.05, 0.1) is 79.3 Å². The van der Waals surface area contributed by atoms with E-state index in [4.69, 9.17) is 61.6 Å². The lowest BCUT2D eigenvalue weighted by atomic mass is 9.97. The summed E-state index contributed by atoms with van der Waals surface area (Å²) in [6.45, 7) is 10.8. The Labute approximate surface area is 752 Å². The molecule has 2 aliphatic heterocycles. The fourth-order valence-corrected chi connectivity index (χ4v) is 17.9. The molecule has 14 heteroatoms. The first-order chi connectivity index (χ1) is 61.5. The summed E-state index contributed by atoms with van der Waals surface area (Å²) in [5.41, 5.74) is 7.45. The third-order valence-electron chi connectivity index (χ3n) is 24.0. The molecule has 2 heterocycles. The predicted molar refractivity (Wildman–Crippen MR) is 507 cm³/mol. The number of ether oxygens (including phenoxy) is 13. The van der Waals surface area contributed by atoms with Gasteiger partial charge in [-0.3, -0.25) is 0 Å². The van der Waals surface area contributed by atoms with Crippen molar-refractivity contribution in [3.8, 4) is 17.2 Å². The minimum Gasteiger partial charge on any atom is -0.490 e. The van der Waals surface area contributed by atoms with E-state index in [1.54, 1.807) is 11.8 Å². The number of hydrogen-bond acceptors (Lipinski definition) is 14. The van der Waals surface area contributed by atoms with Crippen LogP contribution in [-0.2, 0) is 99.4 Å². The third kappa shape index (κ3) is 39.0. The SMILES string of the molecule is CCCCCCCCCCCCCCOc1cc(CS[C@H]2O[C@H](CO[C@H]3O[C@H](COCc4ccccc4)[C@@H](OCc4ccccc4)[C@H](OCc4ccccc4)[C@H]3OCc3ccccc3)[C@@H](OCc3ccccc3)[C@H](OCc3ccccc3)[C@H]2OCc2ccccc2)cc(OCCCCCCCCCCCCCC)c1OCCCCCCCCCCCCCC. The van der Waals surface area contributed by atoms with Crippen molar-refractivity contribution in [2.45, 2.75) is 364 Å². The van der Waals surface area contributed by atoms with Crippen molar-refractivity contribution in [3.63, 3.8) is 0 Å². The monoisotopic (exact) mass is 1720 g/mol. The summed E-state index contributed by atoms with van der Waals surface area (Å²) in [4.78, 5) is 0. The van der Waals surface area contributed by atoms with Crippen LogP contribution in [0, 0.1) is 0 Å². The van der Waals surface area contributed by atoms with Crippen LogP contribution in [0.5, 0.6) is 17.2 Å². The van der Waals surface area contributed by atoms with E-state index in [1.807, 2.05) is 103 Å². The fourth-order valence-electron chi connectivity index (χ4n) is 16.7. The average molecular weight is 1720 g/mol. The van der Waals surface area contributed by atoms with E-state index in [0.29, 0.717) is 51.1 Å². The quantitative estimate of drug-likeness (QED) is 0.0336. The van der Waals surface area contributed by atoms with Crippen LogP contribution in [0.25, 0.3) is 0 Å². The highest BCUT2D eigenvalue weighted by atomic mass is 32.2. The molecule has 0 radical (unpaired) electrons. The van der Waals surface area contributed by atoms with E-state index in [0.717, 1.165) is 94.5 Å². The molecule has 2 saturated heterocycles. The van der Waals surface area contributed by atoms with Crippen LogP contribution in [0.15, 0.2) is 224 Å². The van der Waals surface area contributed by atoms with E-state index in [1.165, 1.54) is 193 Å². The summed E-state index contributed by atoms with van der Waals surface area (Å²) in [6.07, 6.45) is 38.9. The molecule has 0 unspecified atom stereocenters. The van der Waals surface area contributed by atoms with Crippen LogP contribution in [0.3, 0.4) is 0 Å². The maximum atomic E-state index is 7.79. The molecule has 0 spiro atoms.